The zero-order chi connectivity index (χ0) is 17.6. The van der Waals surface area contributed by atoms with Gasteiger partial charge in [0.1, 0.15) is 23.9 Å². The Labute approximate surface area is 148 Å². The molecule has 3 heteroatoms. The Morgan fingerprint density at radius 1 is 0.840 bits per heavy atom. The van der Waals surface area contributed by atoms with Gasteiger partial charge in [-0.25, -0.2) is 0 Å². The third-order valence-electron chi connectivity index (χ3n) is 4.16. The smallest absolute Gasteiger partial charge is 0.134 e. The van der Waals surface area contributed by atoms with Gasteiger partial charge in [0.25, 0.3) is 0 Å². The van der Waals surface area contributed by atoms with E-state index in [4.69, 9.17) is 14.2 Å². The highest BCUT2D eigenvalue weighted by atomic mass is 16.5. The summed E-state index contributed by atoms with van der Waals surface area (Å²) in [5.41, 5.74) is 4.79. The summed E-state index contributed by atoms with van der Waals surface area (Å²) in [5, 5.41) is 0. The van der Waals surface area contributed by atoms with Crippen molar-refractivity contribution in [3.63, 3.8) is 0 Å². The highest BCUT2D eigenvalue weighted by molar-refractivity contribution is 5.68. The molecule has 127 valence electrons. The standard InChI is InChI=1S/C22H21O3/c1-16-18(10-7-11-22(16)17-8-5-4-6-9-17)15-25-21-13-19(23-2)12-20(14-21)24-3/h4-11,13-14H,15H2,1-3H3. The number of hydrogen-bond donors (Lipinski definition) is 0. The molecule has 0 unspecified atom stereocenters. The Kier molecular flexibility index (Phi) is 5.24. The molecule has 0 aliphatic heterocycles. The maximum Gasteiger partial charge on any atom is 0.134 e. The van der Waals surface area contributed by atoms with Gasteiger partial charge in [-0.15, -0.1) is 0 Å². The van der Waals surface area contributed by atoms with Crippen molar-refractivity contribution in [3.05, 3.63) is 77.9 Å². The molecule has 0 fully saturated rings. The molecule has 3 rings (SSSR count). The van der Waals surface area contributed by atoms with E-state index in [1.54, 1.807) is 26.4 Å². The van der Waals surface area contributed by atoms with E-state index in [-0.39, 0.29) is 0 Å². The van der Waals surface area contributed by atoms with Gasteiger partial charge < -0.3 is 14.2 Å². The normalized spacial score (nSPS) is 10.4. The van der Waals surface area contributed by atoms with E-state index in [9.17, 15) is 0 Å². The molecule has 1 radical (unpaired) electrons. The summed E-state index contributed by atoms with van der Waals surface area (Å²) in [6.07, 6.45) is 0. The number of ether oxygens (including phenoxy) is 3. The minimum absolute atomic E-state index is 0.475. The first-order chi connectivity index (χ1) is 12.2. The maximum absolute atomic E-state index is 5.97. The number of methoxy groups -OCH3 is 2. The summed E-state index contributed by atoms with van der Waals surface area (Å²) in [6.45, 7) is 2.60. The fraction of sp³-hybridized carbons (Fsp3) is 0.182. The highest BCUT2D eigenvalue weighted by Gasteiger charge is 2.08. The van der Waals surface area contributed by atoms with Gasteiger partial charge in [0.05, 0.1) is 20.3 Å². The molecule has 3 aromatic carbocycles. The van der Waals surface area contributed by atoms with Crippen molar-refractivity contribution in [1.82, 2.24) is 0 Å². The van der Waals surface area contributed by atoms with Gasteiger partial charge in [0.15, 0.2) is 0 Å². The Bertz CT molecular complexity index is 819. The van der Waals surface area contributed by atoms with Crippen LogP contribution in [0.25, 0.3) is 11.1 Å². The topological polar surface area (TPSA) is 27.7 Å². The fourth-order valence-corrected chi connectivity index (χ4v) is 2.73. The first kappa shape index (κ1) is 16.9. The van der Waals surface area contributed by atoms with Crippen LogP contribution in [0.5, 0.6) is 17.2 Å². The molecule has 3 aromatic rings. The quantitative estimate of drug-likeness (QED) is 0.631. The lowest BCUT2D eigenvalue weighted by atomic mass is 9.97. The minimum Gasteiger partial charge on any atom is -0.496 e. The molecule has 0 heterocycles. The third kappa shape index (κ3) is 3.94. The van der Waals surface area contributed by atoms with Crippen LogP contribution < -0.4 is 14.2 Å². The van der Waals surface area contributed by atoms with E-state index in [2.05, 4.69) is 55.5 Å². The SMILES string of the molecule is COc1[c]c(OC)cc(OCc2cccc(-c3ccccc3)c2C)c1. The Morgan fingerprint density at radius 3 is 2.16 bits per heavy atom. The zero-order valence-electron chi connectivity index (χ0n) is 14.7. The Morgan fingerprint density at radius 2 is 1.52 bits per heavy atom. The van der Waals surface area contributed by atoms with Crippen molar-refractivity contribution in [2.24, 2.45) is 0 Å². The van der Waals surface area contributed by atoms with Crippen LogP contribution in [0.2, 0.25) is 0 Å². The second kappa shape index (κ2) is 7.75. The summed E-state index contributed by atoms with van der Waals surface area (Å²) in [7, 11) is 3.20. The molecule has 0 saturated carbocycles. The lowest BCUT2D eigenvalue weighted by Crippen LogP contribution is -2.00. The minimum atomic E-state index is 0.475. The van der Waals surface area contributed by atoms with Crippen LogP contribution in [0.3, 0.4) is 0 Å². The number of benzene rings is 3. The predicted octanol–water partition coefficient (Wildman–Crippen LogP) is 5.06. The Hall–Kier alpha value is -2.94. The van der Waals surface area contributed by atoms with Crippen LogP contribution in [0.15, 0.2) is 60.7 Å². The molecule has 3 nitrogen and oxygen atoms in total. The number of hydrogen-bond acceptors (Lipinski definition) is 3. The van der Waals surface area contributed by atoms with Crippen LogP contribution in [0.4, 0.5) is 0 Å². The van der Waals surface area contributed by atoms with Crippen LogP contribution in [-0.2, 0) is 6.61 Å². The first-order valence-corrected chi connectivity index (χ1v) is 8.13. The van der Waals surface area contributed by atoms with Gasteiger partial charge in [-0.05, 0) is 29.2 Å². The third-order valence-corrected chi connectivity index (χ3v) is 4.16. The molecule has 0 amide bonds. The molecule has 0 aliphatic rings. The fourth-order valence-electron chi connectivity index (χ4n) is 2.73. The number of rotatable bonds is 6. The van der Waals surface area contributed by atoms with E-state index >= 15 is 0 Å². The van der Waals surface area contributed by atoms with Gasteiger partial charge >= 0.3 is 0 Å². The molecule has 0 bridgehead atoms. The summed E-state index contributed by atoms with van der Waals surface area (Å²) in [6, 6.07) is 23.3. The van der Waals surface area contributed by atoms with E-state index in [1.807, 2.05) is 6.07 Å². The first-order valence-electron chi connectivity index (χ1n) is 8.13. The summed E-state index contributed by atoms with van der Waals surface area (Å²) < 4.78 is 16.4. The largest absolute Gasteiger partial charge is 0.496 e. The Balaban J connectivity index is 1.83. The summed E-state index contributed by atoms with van der Waals surface area (Å²) in [5.74, 6) is 1.87. The van der Waals surface area contributed by atoms with Gasteiger partial charge in [-0.1, -0.05) is 48.5 Å². The van der Waals surface area contributed by atoms with E-state index in [0.717, 1.165) is 5.56 Å². The monoisotopic (exact) mass is 333 g/mol. The van der Waals surface area contributed by atoms with Crippen molar-refractivity contribution >= 4 is 0 Å². The maximum atomic E-state index is 5.97. The summed E-state index contributed by atoms with van der Waals surface area (Å²) in [4.78, 5) is 0. The van der Waals surface area contributed by atoms with Crippen LogP contribution in [0, 0.1) is 13.0 Å². The molecule has 0 aliphatic carbocycles. The van der Waals surface area contributed by atoms with Crippen molar-refractivity contribution in [1.29, 1.82) is 0 Å². The van der Waals surface area contributed by atoms with Crippen molar-refractivity contribution < 1.29 is 14.2 Å². The molecule has 0 spiro atoms. The van der Waals surface area contributed by atoms with Crippen molar-refractivity contribution in [2.45, 2.75) is 13.5 Å². The molecule has 0 atom stereocenters. The molecule has 25 heavy (non-hydrogen) atoms. The average molecular weight is 333 g/mol. The molecular weight excluding hydrogens is 312 g/mol. The molecular formula is C22H21O3. The highest BCUT2D eigenvalue weighted by Crippen LogP contribution is 2.29. The van der Waals surface area contributed by atoms with Crippen molar-refractivity contribution in [3.8, 4) is 28.4 Å². The molecule has 0 saturated heterocycles. The van der Waals surface area contributed by atoms with E-state index in [0.29, 0.717) is 23.9 Å². The van der Waals surface area contributed by atoms with E-state index < -0.39 is 0 Å². The van der Waals surface area contributed by atoms with Crippen molar-refractivity contribution in [2.75, 3.05) is 14.2 Å². The molecule has 0 N–H and O–H groups in total. The van der Waals surface area contributed by atoms with Gasteiger partial charge in [0.2, 0.25) is 0 Å². The van der Waals surface area contributed by atoms with Crippen LogP contribution in [0.1, 0.15) is 11.1 Å². The van der Waals surface area contributed by atoms with Gasteiger partial charge in [-0.2, -0.15) is 0 Å². The van der Waals surface area contributed by atoms with Crippen LogP contribution in [-0.4, -0.2) is 14.2 Å². The lowest BCUT2D eigenvalue weighted by molar-refractivity contribution is 0.299. The van der Waals surface area contributed by atoms with E-state index in [1.165, 1.54) is 16.7 Å². The lowest BCUT2D eigenvalue weighted by Gasteiger charge is -2.14. The summed E-state index contributed by atoms with van der Waals surface area (Å²) >= 11 is 0. The zero-order valence-corrected chi connectivity index (χ0v) is 14.7. The average Bonchev–Trinajstić information content (AvgIpc) is 2.67. The van der Waals surface area contributed by atoms with Gasteiger partial charge in [-0.3, -0.25) is 0 Å². The van der Waals surface area contributed by atoms with Gasteiger partial charge in [0, 0.05) is 12.1 Å². The second-order valence-electron chi connectivity index (χ2n) is 5.70. The van der Waals surface area contributed by atoms with Crippen LogP contribution >= 0.6 is 0 Å². The molecule has 0 aromatic heterocycles. The predicted molar refractivity (Wildman–Crippen MR) is 99.3 cm³/mol. The second-order valence-corrected chi connectivity index (χ2v) is 5.70.